The number of hydrogen-bond donors (Lipinski definition) is 1. The van der Waals surface area contributed by atoms with Crippen molar-refractivity contribution in [1.82, 2.24) is 9.62 Å². The SMILES string of the molecule is CCOc1ccc(CNC(=O)CN2C(=O)C(C)=C(c3ccc(OC)cc3)S2(=O)=O)cc1. The number of rotatable bonds is 8. The summed E-state index contributed by atoms with van der Waals surface area (Å²) >= 11 is 0. The highest BCUT2D eigenvalue weighted by Gasteiger charge is 2.43. The second-order valence-electron chi connectivity index (χ2n) is 6.85. The van der Waals surface area contributed by atoms with E-state index >= 15 is 0 Å². The van der Waals surface area contributed by atoms with Gasteiger partial charge in [0.2, 0.25) is 5.91 Å². The molecule has 2 aromatic carbocycles. The fourth-order valence-corrected chi connectivity index (χ4v) is 4.99. The summed E-state index contributed by atoms with van der Waals surface area (Å²) in [5, 5.41) is 2.65. The van der Waals surface area contributed by atoms with E-state index in [2.05, 4.69) is 5.32 Å². The van der Waals surface area contributed by atoms with Gasteiger partial charge in [-0.25, -0.2) is 12.7 Å². The molecule has 1 aliphatic rings. The van der Waals surface area contributed by atoms with Gasteiger partial charge in [0, 0.05) is 12.1 Å². The average Bonchev–Trinajstić information content (AvgIpc) is 2.92. The minimum atomic E-state index is -4.14. The molecule has 8 nitrogen and oxygen atoms in total. The van der Waals surface area contributed by atoms with E-state index in [1.807, 2.05) is 6.92 Å². The zero-order valence-corrected chi connectivity index (χ0v) is 18.4. The number of nitrogens with one attached hydrogen (secondary N) is 1. The first-order valence-electron chi connectivity index (χ1n) is 9.68. The van der Waals surface area contributed by atoms with Crippen molar-refractivity contribution < 1.29 is 27.5 Å². The van der Waals surface area contributed by atoms with Crippen LogP contribution in [-0.2, 0) is 26.2 Å². The lowest BCUT2D eigenvalue weighted by atomic mass is 10.1. The Morgan fingerprint density at radius 3 is 2.23 bits per heavy atom. The Morgan fingerprint density at radius 1 is 1.03 bits per heavy atom. The molecular weight excluding hydrogens is 420 g/mol. The minimum absolute atomic E-state index is 0.0736. The summed E-state index contributed by atoms with van der Waals surface area (Å²) in [6, 6.07) is 13.5. The number of carbonyl (C=O) groups is 2. The number of carbonyl (C=O) groups excluding carboxylic acids is 2. The van der Waals surface area contributed by atoms with Crippen LogP contribution in [0.4, 0.5) is 0 Å². The number of ether oxygens (including phenoxy) is 2. The van der Waals surface area contributed by atoms with Crippen molar-refractivity contribution in [3.8, 4) is 11.5 Å². The summed E-state index contributed by atoms with van der Waals surface area (Å²) in [5.41, 5.74) is 1.26. The molecule has 0 unspecified atom stereocenters. The fraction of sp³-hybridized carbons (Fsp3) is 0.273. The lowest BCUT2D eigenvalue weighted by Gasteiger charge is -2.16. The molecular formula is C22H24N2O6S. The highest BCUT2D eigenvalue weighted by atomic mass is 32.2. The molecule has 0 fully saturated rings. The third-order valence-corrected chi connectivity index (χ3v) is 6.73. The Labute approximate surface area is 181 Å². The second-order valence-corrected chi connectivity index (χ2v) is 8.65. The largest absolute Gasteiger partial charge is 0.497 e. The predicted molar refractivity (Wildman–Crippen MR) is 116 cm³/mol. The van der Waals surface area contributed by atoms with Crippen LogP contribution in [0.2, 0.25) is 0 Å². The standard InChI is InChI=1S/C22H24N2O6S/c1-4-30-19-9-5-16(6-10-19)13-23-20(25)14-24-22(26)15(2)21(31(24,27)28)17-7-11-18(29-3)12-8-17/h5-12H,4,13-14H2,1-3H3,(H,23,25). The monoisotopic (exact) mass is 444 g/mol. The molecule has 0 radical (unpaired) electrons. The van der Waals surface area contributed by atoms with Crippen LogP contribution in [-0.4, -0.2) is 44.8 Å². The molecule has 0 atom stereocenters. The molecule has 0 bridgehead atoms. The Balaban J connectivity index is 1.69. The zero-order valence-electron chi connectivity index (χ0n) is 17.5. The molecule has 0 saturated heterocycles. The van der Waals surface area contributed by atoms with E-state index in [0.717, 1.165) is 11.3 Å². The van der Waals surface area contributed by atoms with Crippen molar-refractivity contribution in [3.05, 3.63) is 65.2 Å². The van der Waals surface area contributed by atoms with Crippen molar-refractivity contribution in [1.29, 1.82) is 0 Å². The molecule has 1 heterocycles. The number of sulfonamides is 1. The van der Waals surface area contributed by atoms with Crippen LogP contribution in [0.1, 0.15) is 25.0 Å². The lowest BCUT2D eigenvalue weighted by molar-refractivity contribution is -0.128. The van der Waals surface area contributed by atoms with Gasteiger partial charge in [0.25, 0.3) is 15.9 Å². The van der Waals surface area contributed by atoms with E-state index in [4.69, 9.17) is 9.47 Å². The third-order valence-electron chi connectivity index (χ3n) is 4.80. The highest BCUT2D eigenvalue weighted by molar-refractivity contribution is 7.99. The van der Waals surface area contributed by atoms with Gasteiger partial charge in [0.15, 0.2) is 0 Å². The summed E-state index contributed by atoms with van der Waals surface area (Å²) in [6.07, 6.45) is 0. The Morgan fingerprint density at radius 2 is 1.65 bits per heavy atom. The first-order chi connectivity index (χ1) is 14.8. The maximum absolute atomic E-state index is 13.0. The third kappa shape index (κ3) is 4.72. The molecule has 3 rings (SSSR count). The second kappa shape index (κ2) is 9.22. The molecule has 164 valence electrons. The average molecular weight is 445 g/mol. The molecule has 0 aromatic heterocycles. The number of amides is 2. The molecule has 0 aliphatic carbocycles. The maximum Gasteiger partial charge on any atom is 0.268 e. The number of benzene rings is 2. The summed E-state index contributed by atoms with van der Waals surface area (Å²) in [5.74, 6) is 0.00446. The van der Waals surface area contributed by atoms with Crippen molar-refractivity contribution in [2.45, 2.75) is 20.4 Å². The maximum atomic E-state index is 13.0. The predicted octanol–water partition coefficient (Wildman–Crippen LogP) is 2.31. The van der Waals surface area contributed by atoms with Crippen molar-refractivity contribution in [2.24, 2.45) is 0 Å². The van der Waals surface area contributed by atoms with Gasteiger partial charge < -0.3 is 14.8 Å². The Hall–Kier alpha value is -3.33. The van der Waals surface area contributed by atoms with Crippen LogP contribution >= 0.6 is 0 Å². The van der Waals surface area contributed by atoms with Gasteiger partial charge in [-0.2, -0.15) is 0 Å². The van der Waals surface area contributed by atoms with Crippen molar-refractivity contribution in [2.75, 3.05) is 20.3 Å². The van der Waals surface area contributed by atoms with E-state index in [1.54, 1.807) is 48.5 Å². The van der Waals surface area contributed by atoms with E-state index in [9.17, 15) is 18.0 Å². The molecule has 0 spiro atoms. The van der Waals surface area contributed by atoms with Crippen LogP contribution in [0.3, 0.4) is 0 Å². The van der Waals surface area contributed by atoms with Crippen LogP contribution in [0.15, 0.2) is 54.1 Å². The molecule has 0 saturated carbocycles. The zero-order chi connectivity index (χ0) is 22.6. The summed E-state index contributed by atoms with van der Waals surface area (Å²) in [4.78, 5) is 24.9. The summed E-state index contributed by atoms with van der Waals surface area (Å²) < 4.78 is 37.1. The van der Waals surface area contributed by atoms with E-state index in [1.165, 1.54) is 14.0 Å². The molecule has 1 N–H and O–H groups in total. The lowest BCUT2D eigenvalue weighted by Crippen LogP contribution is -2.40. The minimum Gasteiger partial charge on any atom is -0.497 e. The van der Waals surface area contributed by atoms with Gasteiger partial charge in [0.1, 0.15) is 22.9 Å². The van der Waals surface area contributed by atoms with Crippen LogP contribution in [0.25, 0.3) is 4.91 Å². The van der Waals surface area contributed by atoms with Crippen molar-refractivity contribution in [3.63, 3.8) is 0 Å². The Bertz CT molecular complexity index is 1110. The quantitative estimate of drug-likeness (QED) is 0.670. The van der Waals surface area contributed by atoms with Crippen LogP contribution in [0.5, 0.6) is 11.5 Å². The topological polar surface area (TPSA) is 102 Å². The van der Waals surface area contributed by atoms with Gasteiger partial charge in [-0.3, -0.25) is 9.59 Å². The number of hydrogen-bond acceptors (Lipinski definition) is 6. The van der Waals surface area contributed by atoms with Crippen LogP contribution in [0, 0.1) is 0 Å². The summed E-state index contributed by atoms with van der Waals surface area (Å²) in [7, 11) is -2.64. The molecule has 9 heteroatoms. The van der Waals surface area contributed by atoms with Gasteiger partial charge in [0.05, 0.1) is 13.7 Å². The first-order valence-corrected chi connectivity index (χ1v) is 11.1. The van der Waals surface area contributed by atoms with Gasteiger partial charge >= 0.3 is 0 Å². The highest BCUT2D eigenvalue weighted by Crippen LogP contribution is 2.35. The molecule has 2 aromatic rings. The molecule has 31 heavy (non-hydrogen) atoms. The molecule has 2 amide bonds. The van der Waals surface area contributed by atoms with E-state index < -0.39 is 28.4 Å². The number of nitrogens with zero attached hydrogens (tertiary/aromatic N) is 1. The van der Waals surface area contributed by atoms with Crippen LogP contribution < -0.4 is 14.8 Å². The smallest absolute Gasteiger partial charge is 0.268 e. The Kier molecular flexibility index (Phi) is 6.65. The van der Waals surface area contributed by atoms with E-state index in [0.29, 0.717) is 22.2 Å². The van der Waals surface area contributed by atoms with Gasteiger partial charge in [-0.05, 0) is 61.4 Å². The van der Waals surface area contributed by atoms with Gasteiger partial charge in [-0.15, -0.1) is 0 Å². The summed E-state index contributed by atoms with van der Waals surface area (Å²) in [6.45, 7) is 3.50. The van der Waals surface area contributed by atoms with Crippen molar-refractivity contribution >= 4 is 26.7 Å². The molecule has 1 aliphatic heterocycles. The first kappa shape index (κ1) is 22.4. The fourth-order valence-electron chi connectivity index (χ4n) is 3.22. The number of methoxy groups -OCH3 is 1. The van der Waals surface area contributed by atoms with E-state index in [-0.39, 0.29) is 17.0 Å². The van der Waals surface area contributed by atoms with Gasteiger partial charge in [-0.1, -0.05) is 12.1 Å². The normalized spacial score (nSPS) is 15.2.